The van der Waals surface area contributed by atoms with E-state index in [1.165, 1.54) is 12.4 Å². The minimum atomic E-state index is -0.442. The Morgan fingerprint density at radius 2 is 2.05 bits per heavy atom. The molecule has 0 atom stereocenters. The number of halogens is 3. The summed E-state index contributed by atoms with van der Waals surface area (Å²) in [6.07, 6.45) is 2.89. The molecule has 1 aromatic carbocycles. The van der Waals surface area contributed by atoms with Gasteiger partial charge in [0, 0.05) is 11.1 Å². The summed E-state index contributed by atoms with van der Waals surface area (Å²) in [5, 5.41) is 4.60. The molecule has 0 spiro atoms. The van der Waals surface area contributed by atoms with Crippen molar-refractivity contribution in [1.29, 1.82) is 0 Å². The predicted molar refractivity (Wildman–Crippen MR) is 80.2 cm³/mol. The first-order chi connectivity index (χ1) is 10.1. The van der Waals surface area contributed by atoms with Crippen LogP contribution in [0.25, 0.3) is 16.9 Å². The van der Waals surface area contributed by atoms with Crippen LogP contribution in [0.15, 0.2) is 24.5 Å². The lowest BCUT2D eigenvalue weighted by Crippen LogP contribution is -2.06. The van der Waals surface area contributed by atoms with Gasteiger partial charge in [0.05, 0.1) is 10.7 Å². The number of fused-ring (bicyclic) bond motifs is 1. The second kappa shape index (κ2) is 5.58. The molecule has 0 bridgehead atoms. The maximum atomic E-state index is 14.2. The van der Waals surface area contributed by atoms with E-state index in [2.05, 4.69) is 15.1 Å². The van der Waals surface area contributed by atoms with Crippen LogP contribution in [-0.2, 0) is 6.42 Å². The SMILES string of the molecule is CCCc1c(-c2c(F)cccc2Cl)c(Cl)nc2ncnn12. The van der Waals surface area contributed by atoms with Gasteiger partial charge in [-0.2, -0.15) is 15.1 Å². The Morgan fingerprint density at radius 1 is 1.24 bits per heavy atom. The molecule has 0 saturated heterocycles. The highest BCUT2D eigenvalue weighted by Crippen LogP contribution is 2.37. The molecule has 4 nitrogen and oxygen atoms in total. The summed E-state index contributed by atoms with van der Waals surface area (Å²) in [7, 11) is 0. The molecule has 0 radical (unpaired) electrons. The van der Waals surface area contributed by atoms with E-state index in [0.717, 1.165) is 12.1 Å². The highest BCUT2D eigenvalue weighted by Gasteiger charge is 2.21. The lowest BCUT2D eigenvalue weighted by atomic mass is 10.0. The van der Waals surface area contributed by atoms with E-state index >= 15 is 0 Å². The van der Waals surface area contributed by atoms with E-state index < -0.39 is 5.82 Å². The van der Waals surface area contributed by atoms with Gasteiger partial charge in [-0.15, -0.1) is 0 Å². The molecule has 0 aliphatic carbocycles. The molecule has 2 aromatic heterocycles. The number of rotatable bonds is 3. The molecule has 21 heavy (non-hydrogen) atoms. The molecule has 0 N–H and O–H groups in total. The molecule has 0 unspecified atom stereocenters. The Kier molecular flexibility index (Phi) is 3.78. The molecule has 2 heterocycles. The van der Waals surface area contributed by atoms with Crippen molar-refractivity contribution in [1.82, 2.24) is 19.6 Å². The van der Waals surface area contributed by atoms with E-state index in [9.17, 15) is 4.39 Å². The molecule has 7 heteroatoms. The number of benzene rings is 1. The first-order valence-corrected chi connectivity index (χ1v) is 7.21. The first-order valence-electron chi connectivity index (χ1n) is 6.46. The molecule has 3 aromatic rings. The topological polar surface area (TPSA) is 43.1 Å². The molecule has 0 aliphatic rings. The van der Waals surface area contributed by atoms with Crippen LogP contribution in [-0.4, -0.2) is 19.6 Å². The zero-order chi connectivity index (χ0) is 15.0. The van der Waals surface area contributed by atoms with Crippen LogP contribution in [0.3, 0.4) is 0 Å². The Hall–Kier alpha value is -1.72. The fourth-order valence-corrected chi connectivity index (χ4v) is 2.86. The monoisotopic (exact) mass is 324 g/mol. The van der Waals surface area contributed by atoms with Gasteiger partial charge >= 0.3 is 0 Å². The lowest BCUT2D eigenvalue weighted by molar-refractivity contribution is 0.630. The third-order valence-electron chi connectivity index (χ3n) is 3.18. The van der Waals surface area contributed by atoms with Gasteiger partial charge in [-0.3, -0.25) is 0 Å². The average molecular weight is 325 g/mol. The van der Waals surface area contributed by atoms with Crippen LogP contribution in [0.4, 0.5) is 4.39 Å². The highest BCUT2D eigenvalue weighted by molar-refractivity contribution is 6.36. The average Bonchev–Trinajstić information content (AvgIpc) is 2.89. The first kappa shape index (κ1) is 14.2. The van der Waals surface area contributed by atoms with Crippen LogP contribution < -0.4 is 0 Å². The van der Waals surface area contributed by atoms with Crippen molar-refractivity contribution in [2.75, 3.05) is 0 Å². The molecule has 3 rings (SSSR count). The van der Waals surface area contributed by atoms with E-state index in [1.807, 2.05) is 6.92 Å². The summed E-state index contributed by atoms with van der Waals surface area (Å²) in [4.78, 5) is 8.20. The Morgan fingerprint density at radius 3 is 2.76 bits per heavy atom. The maximum absolute atomic E-state index is 14.2. The van der Waals surface area contributed by atoms with Crippen LogP contribution in [0.5, 0.6) is 0 Å². The standard InChI is InChI=1S/C14H11Cl2FN4/c1-2-4-10-12(11-8(15)5-3-6-9(11)17)13(16)20-14-18-7-19-21(10)14/h3,5-7H,2,4H2,1H3. The largest absolute Gasteiger partial charge is 0.253 e. The summed E-state index contributed by atoms with van der Waals surface area (Å²) in [6.45, 7) is 2.02. The van der Waals surface area contributed by atoms with Crippen LogP contribution in [0.1, 0.15) is 19.0 Å². The van der Waals surface area contributed by atoms with Gasteiger partial charge in [-0.25, -0.2) is 8.91 Å². The summed E-state index contributed by atoms with van der Waals surface area (Å²) in [5.74, 6) is -0.0531. The lowest BCUT2D eigenvalue weighted by Gasteiger charge is -2.14. The molecular formula is C14H11Cl2FN4. The fourth-order valence-electron chi connectivity index (χ4n) is 2.32. The molecule has 0 amide bonds. The van der Waals surface area contributed by atoms with Gasteiger partial charge in [0.1, 0.15) is 17.3 Å². The van der Waals surface area contributed by atoms with Gasteiger partial charge in [0.2, 0.25) is 0 Å². The van der Waals surface area contributed by atoms with Crippen LogP contribution in [0.2, 0.25) is 10.2 Å². The molecule has 0 fully saturated rings. The van der Waals surface area contributed by atoms with Gasteiger partial charge < -0.3 is 0 Å². The second-order valence-corrected chi connectivity index (χ2v) is 5.31. The highest BCUT2D eigenvalue weighted by atomic mass is 35.5. The van der Waals surface area contributed by atoms with Gasteiger partial charge in [-0.05, 0) is 18.6 Å². The van der Waals surface area contributed by atoms with Crippen molar-refractivity contribution in [2.24, 2.45) is 0 Å². The van der Waals surface area contributed by atoms with E-state index in [4.69, 9.17) is 23.2 Å². The van der Waals surface area contributed by atoms with Gasteiger partial charge in [0.25, 0.3) is 5.78 Å². The van der Waals surface area contributed by atoms with Crippen molar-refractivity contribution in [3.63, 3.8) is 0 Å². The predicted octanol–water partition coefficient (Wildman–Crippen LogP) is 4.19. The van der Waals surface area contributed by atoms with Crippen molar-refractivity contribution >= 4 is 29.0 Å². The number of aromatic nitrogens is 4. The number of hydrogen-bond acceptors (Lipinski definition) is 3. The zero-order valence-corrected chi connectivity index (χ0v) is 12.7. The van der Waals surface area contributed by atoms with E-state index in [-0.39, 0.29) is 15.7 Å². The Labute approximate surface area is 130 Å². The normalized spacial score (nSPS) is 11.2. The number of nitrogens with zero attached hydrogens (tertiary/aromatic N) is 4. The molecule has 108 valence electrons. The number of hydrogen-bond donors (Lipinski definition) is 0. The minimum absolute atomic E-state index is 0.172. The fraction of sp³-hybridized carbons (Fsp3) is 0.214. The second-order valence-electron chi connectivity index (χ2n) is 4.54. The van der Waals surface area contributed by atoms with E-state index in [0.29, 0.717) is 17.8 Å². The molecular weight excluding hydrogens is 314 g/mol. The summed E-state index contributed by atoms with van der Waals surface area (Å²) in [6, 6.07) is 4.52. The quantitative estimate of drug-likeness (QED) is 0.678. The van der Waals surface area contributed by atoms with Crippen molar-refractivity contribution in [2.45, 2.75) is 19.8 Å². The van der Waals surface area contributed by atoms with Crippen LogP contribution >= 0.6 is 23.2 Å². The minimum Gasteiger partial charge on any atom is -0.206 e. The third kappa shape index (κ3) is 2.36. The van der Waals surface area contributed by atoms with Crippen molar-refractivity contribution in [3.05, 3.63) is 46.2 Å². The van der Waals surface area contributed by atoms with Crippen LogP contribution in [0, 0.1) is 5.82 Å². The molecule has 0 saturated carbocycles. The third-order valence-corrected chi connectivity index (χ3v) is 3.77. The van der Waals surface area contributed by atoms with Gasteiger partial charge in [0.15, 0.2) is 0 Å². The smallest absolute Gasteiger partial charge is 0.206 e. The molecule has 0 aliphatic heterocycles. The van der Waals surface area contributed by atoms with Crippen molar-refractivity contribution in [3.8, 4) is 11.1 Å². The summed E-state index contributed by atoms with van der Waals surface area (Å²) >= 11 is 12.4. The van der Waals surface area contributed by atoms with Gasteiger partial charge in [-0.1, -0.05) is 42.6 Å². The Bertz CT molecular complexity index is 796. The summed E-state index contributed by atoms with van der Waals surface area (Å²) in [5.41, 5.74) is 1.47. The number of aryl methyl sites for hydroxylation is 1. The van der Waals surface area contributed by atoms with E-state index in [1.54, 1.807) is 16.6 Å². The summed E-state index contributed by atoms with van der Waals surface area (Å²) < 4.78 is 15.8. The Balaban J connectivity index is 2.40. The maximum Gasteiger partial charge on any atom is 0.253 e. The zero-order valence-electron chi connectivity index (χ0n) is 11.1. The van der Waals surface area contributed by atoms with Crippen molar-refractivity contribution < 1.29 is 4.39 Å².